The average molecular weight is 267 g/mol. The number of aromatic nitrogens is 3. The van der Waals surface area contributed by atoms with Gasteiger partial charge in [0, 0.05) is 13.5 Å². The number of ether oxygens (including phenoxy) is 2. The lowest BCUT2D eigenvalue weighted by Crippen LogP contribution is -2.26. The zero-order valence-corrected chi connectivity index (χ0v) is 10.3. The van der Waals surface area contributed by atoms with E-state index in [1.54, 1.807) is 16.8 Å². The zero-order valence-electron chi connectivity index (χ0n) is 10.3. The van der Waals surface area contributed by atoms with E-state index < -0.39 is 18.6 Å². The predicted octanol–water partition coefficient (Wildman–Crippen LogP) is -1.02. The minimum Gasteiger partial charge on any atom is -0.387 e. The van der Waals surface area contributed by atoms with Crippen LogP contribution in [0.3, 0.4) is 0 Å². The molecule has 19 heavy (non-hydrogen) atoms. The second kappa shape index (κ2) is 4.34. The van der Waals surface area contributed by atoms with Gasteiger partial charge in [-0.3, -0.25) is 9.36 Å². The number of rotatable bonds is 2. The van der Waals surface area contributed by atoms with Crippen LogP contribution in [0.2, 0.25) is 0 Å². The lowest BCUT2D eigenvalue weighted by atomic mass is 10.2. The van der Waals surface area contributed by atoms with E-state index in [0.717, 1.165) is 0 Å². The first-order valence-corrected chi connectivity index (χ1v) is 5.88. The first-order valence-electron chi connectivity index (χ1n) is 5.88. The summed E-state index contributed by atoms with van der Waals surface area (Å²) < 4.78 is 12.3. The van der Waals surface area contributed by atoms with Crippen molar-refractivity contribution < 1.29 is 19.6 Å². The van der Waals surface area contributed by atoms with Gasteiger partial charge in [0.2, 0.25) is 5.65 Å². The van der Waals surface area contributed by atoms with Gasteiger partial charge in [-0.2, -0.15) is 0 Å². The highest BCUT2D eigenvalue weighted by molar-refractivity contribution is 5.72. The fourth-order valence-corrected chi connectivity index (χ4v) is 2.34. The number of hydrogen-bond acceptors (Lipinski definition) is 5. The van der Waals surface area contributed by atoms with Crippen molar-refractivity contribution in [2.45, 2.75) is 25.0 Å². The molecule has 0 saturated carbocycles. The Morgan fingerprint density at radius 1 is 1.68 bits per heavy atom. The van der Waals surface area contributed by atoms with E-state index in [0.29, 0.717) is 17.5 Å². The highest BCUT2D eigenvalue weighted by Gasteiger charge is 2.37. The highest BCUT2D eigenvalue weighted by Crippen LogP contribution is 2.30. The van der Waals surface area contributed by atoms with Gasteiger partial charge in [0.05, 0.1) is 6.20 Å². The summed E-state index contributed by atoms with van der Waals surface area (Å²) in [5, 5.41) is 10.5. The molecule has 0 radical (unpaired) electrons. The van der Waals surface area contributed by atoms with Crippen LogP contribution >= 0.6 is 0 Å². The van der Waals surface area contributed by atoms with Crippen LogP contribution in [-0.2, 0) is 9.47 Å². The molecular formula is C11H15N4O4+. The first-order chi connectivity index (χ1) is 9.10. The third-order valence-corrected chi connectivity index (χ3v) is 3.25. The van der Waals surface area contributed by atoms with Crippen molar-refractivity contribution in [3.8, 4) is 0 Å². The third-order valence-electron chi connectivity index (χ3n) is 3.25. The van der Waals surface area contributed by atoms with Crippen LogP contribution in [0.1, 0.15) is 12.6 Å². The number of nitrogen functional groups attached to an aromatic ring is 1. The van der Waals surface area contributed by atoms with Crippen molar-refractivity contribution in [3.63, 3.8) is 0 Å². The summed E-state index contributed by atoms with van der Waals surface area (Å²) in [7, 11) is 1.52. The molecule has 8 nitrogen and oxygen atoms in total. The third kappa shape index (κ3) is 1.89. The summed E-state index contributed by atoms with van der Waals surface area (Å²) in [5.41, 5.74) is 5.80. The predicted molar refractivity (Wildman–Crippen MR) is 65.1 cm³/mol. The van der Waals surface area contributed by atoms with E-state index >= 15 is 0 Å². The molecule has 2 aromatic rings. The van der Waals surface area contributed by atoms with Crippen molar-refractivity contribution in [1.29, 1.82) is 0 Å². The van der Waals surface area contributed by atoms with Crippen LogP contribution in [-0.4, -0.2) is 34.2 Å². The largest absolute Gasteiger partial charge is 0.387 e. The van der Waals surface area contributed by atoms with Crippen LogP contribution < -0.4 is 16.3 Å². The van der Waals surface area contributed by atoms with E-state index in [1.165, 1.54) is 7.11 Å². The van der Waals surface area contributed by atoms with Gasteiger partial charge in [-0.15, -0.1) is 0 Å². The number of methoxy groups -OCH3 is 1. The van der Waals surface area contributed by atoms with Crippen LogP contribution in [0.4, 0.5) is 5.95 Å². The molecule has 1 aliphatic rings. The topological polar surface area (TPSA) is 117 Å². The molecule has 0 aromatic carbocycles. The van der Waals surface area contributed by atoms with E-state index in [2.05, 4.69) is 9.97 Å². The number of aliphatic hydroxyl groups excluding tert-OH is 1. The lowest BCUT2D eigenvalue weighted by Gasteiger charge is -2.14. The lowest BCUT2D eigenvalue weighted by molar-refractivity contribution is -0.337. The smallest absolute Gasteiger partial charge is 0.312 e. The Hall–Kier alpha value is -1.90. The molecule has 1 unspecified atom stereocenters. The summed E-state index contributed by atoms with van der Waals surface area (Å²) in [6, 6.07) is 1.64. The van der Waals surface area contributed by atoms with Gasteiger partial charge in [-0.05, 0) is 6.07 Å². The second-order valence-corrected chi connectivity index (χ2v) is 4.47. The van der Waals surface area contributed by atoms with Crippen LogP contribution in [0.15, 0.2) is 17.1 Å². The number of nitrogens with two attached hydrogens (primary N) is 1. The number of nitrogens with zero attached hydrogens (tertiary/aromatic N) is 1. The molecule has 102 valence electrons. The molecule has 0 spiro atoms. The number of aliphatic hydroxyl groups is 1. The molecule has 1 saturated heterocycles. The van der Waals surface area contributed by atoms with E-state index in [4.69, 9.17) is 15.2 Å². The van der Waals surface area contributed by atoms with E-state index in [9.17, 15) is 9.90 Å². The van der Waals surface area contributed by atoms with Crippen molar-refractivity contribution in [3.05, 3.63) is 22.6 Å². The fourth-order valence-electron chi connectivity index (χ4n) is 2.34. The van der Waals surface area contributed by atoms with Gasteiger partial charge in [0.15, 0.2) is 12.5 Å². The maximum absolute atomic E-state index is 11.7. The summed E-state index contributed by atoms with van der Waals surface area (Å²) >= 11 is 0. The van der Waals surface area contributed by atoms with Crippen molar-refractivity contribution in [2.24, 2.45) is 0 Å². The summed E-state index contributed by atoms with van der Waals surface area (Å²) in [6.07, 6.45) is 0.257. The van der Waals surface area contributed by atoms with E-state index in [1.807, 2.05) is 0 Å². The standard InChI is InChI=1S/C11H14N4O4/c1-18-7-4-6(16)10(19-7)15-3-2-5-8(15)13-11(12)14-9(5)17/h2-3,6-7,10,16H,4H2,1H3,(H3,12,13,14,17)/p+1/t6?,7-,10+/m0/s1. The summed E-state index contributed by atoms with van der Waals surface area (Å²) in [5.74, 6) is 0.147. The van der Waals surface area contributed by atoms with Gasteiger partial charge in [0.1, 0.15) is 11.5 Å². The molecule has 1 aliphatic heterocycles. The Kier molecular flexibility index (Phi) is 2.77. The molecule has 0 bridgehead atoms. The minimum absolute atomic E-state index is 0.147. The monoisotopic (exact) mass is 267 g/mol. The Balaban J connectivity index is 2.09. The summed E-state index contributed by atoms with van der Waals surface area (Å²) in [4.78, 5) is 17.1. The SMILES string of the molecule is CO[C@@H]1CC(O)[C@H](n2ccc3c(=O)[nH]c(N)[nH+]c32)O1. The maximum atomic E-state index is 11.7. The molecule has 3 rings (SSSR count). The van der Waals surface area contributed by atoms with Crippen LogP contribution in [0.5, 0.6) is 0 Å². The number of aromatic amines is 2. The van der Waals surface area contributed by atoms with Gasteiger partial charge in [-0.1, -0.05) is 0 Å². The summed E-state index contributed by atoms with van der Waals surface area (Å²) in [6.45, 7) is 0. The molecule has 5 N–H and O–H groups in total. The van der Waals surface area contributed by atoms with Crippen LogP contribution in [0.25, 0.3) is 11.0 Å². The maximum Gasteiger partial charge on any atom is 0.312 e. The highest BCUT2D eigenvalue weighted by atomic mass is 16.7. The number of H-pyrrole nitrogens is 2. The van der Waals surface area contributed by atoms with Gasteiger partial charge >= 0.3 is 11.5 Å². The Labute approximate surface area is 107 Å². The molecular weight excluding hydrogens is 252 g/mol. The second-order valence-electron chi connectivity index (χ2n) is 4.47. The fraction of sp³-hybridized carbons (Fsp3) is 0.455. The van der Waals surface area contributed by atoms with Crippen molar-refractivity contribution in [2.75, 3.05) is 12.8 Å². The Bertz CT molecular complexity index is 664. The van der Waals surface area contributed by atoms with Crippen molar-refractivity contribution >= 4 is 17.0 Å². The van der Waals surface area contributed by atoms with E-state index in [-0.39, 0.29) is 11.5 Å². The molecule has 3 heterocycles. The first kappa shape index (κ1) is 12.2. The van der Waals surface area contributed by atoms with Crippen molar-refractivity contribution in [1.82, 2.24) is 9.55 Å². The number of anilines is 1. The molecule has 1 fully saturated rings. The number of nitrogens with one attached hydrogen (secondary N) is 2. The normalized spacial score (nSPS) is 27.2. The quantitative estimate of drug-likeness (QED) is 0.643. The number of hydrogen-bond donors (Lipinski definition) is 3. The Morgan fingerprint density at radius 3 is 3.16 bits per heavy atom. The molecule has 0 amide bonds. The van der Waals surface area contributed by atoms with Gasteiger partial charge in [-0.25, -0.2) is 9.97 Å². The van der Waals surface area contributed by atoms with Gasteiger partial charge < -0.3 is 20.3 Å². The van der Waals surface area contributed by atoms with Crippen LogP contribution in [0, 0.1) is 0 Å². The number of fused-ring (bicyclic) bond motifs is 1. The van der Waals surface area contributed by atoms with Gasteiger partial charge in [0.25, 0.3) is 0 Å². The molecule has 3 atom stereocenters. The molecule has 0 aliphatic carbocycles. The molecule has 2 aromatic heterocycles. The Morgan fingerprint density at radius 2 is 2.47 bits per heavy atom. The minimum atomic E-state index is -0.713. The molecule has 8 heteroatoms. The average Bonchev–Trinajstić information content (AvgIpc) is 2.92. The zero-order chi connectivity index (χ0) is 13.6.